The molecule has 0 spiro atoms. The predicted octanol–water partition coefficient (Wildman–Crippen LogP) is 4.92. The van der Waals surface area contributed by atoms with E-state index in [9.17, 15) is 0 Å². The minimum absolute atomic E-state index is 0.265. The Hall–Kier alpha value is 0.0300. The largest absolute Gasteiger partial charge is 0.118 e. The van der Waals surface area contributed by atoms with Gasteiger partial charge in [0.1, 0.15) is 0 Å². The van der Waals surface area contributed by atoms with Crippen LogP contribution in [0.1, 0.15) is 58.8 Å². The van der Waals surface area contributed by atoms with E-state index in [0.717, 1.165) is 6.42 Å². The lowest BCUT2D eigenvalue weighted by molar-refractivity contribution is 0.718. The molecule has 1 heteroatoms. The van der Waals surface area contributed by atoms with Crippen molar-refractivity contribution in [3.05, 3.63) is 12.2 Å². The maximum Gasteiger partial charge on any atom is 0.0516 e. The second-order valence-corrected chi connectivity index (χ2v) is 4.14. The van der Waals surface area contributed by atoms with Gasteiger partial charge in [-0.1, -0.05) is 51.7 Å². The summed E-state index contributed by atoms with van der Waals surface area (Å²) >= 11 is 6.09. The normalized spacial score (nSPS) is 13.8. The molecule has 1 unspecified atom stereocenters. The molecule has 0 rings (SSSR count). The van der Waals surface area contributed by atoms with E-state index in [1.807, 2.05) is 0 Å². The van der Waals surface area contributed by atoms with E-state index in [-0.39, 0.29) is 5.38 Å². The lowest BCUT2D eigenvalue weighted by Gasteiger charge is -2.01. The first-order chi connectivity index (χ1) is 6.31. The van der Waals surface area contributed by atoms with Gasteiger partial charge in [-0.3, -0.25) is 0 Å². The maximum atomic E-state index is 6.09. The molecule has 0 heterocycles. The molecule has 0 nitrogen and oxygen atoms in total. The Morgan fingerprint density at radius 2 is 1.77 bits per heavy atom. The van der Waals surface area contributed by atoms with Crippen LogP contribution in [0.5, 0.6) is 0 Å². The second kappa shape index (κ2) is 10.1. The molecule has 0 aromatic carbocycles. The fraction of sp³-hybridized carbons (Fsp3) is 0.833. The van der Waals surface area contributed by atoms with E-state index in [0.29, 0.717) is 0 Å². The van der Waals surface area contributed by atoms with Crippen molar-refractivity contribution in [2.75, 3.05) is 0 Å². The summed E-state index contributed by atoms with van der Waals surface area (Å²) in [6.45, 7) is 4.43. The van der Waals surface area contributed by atoms with Crippen molar-refractivity contribution in [3.8, 4) is 0 Å². The molecule has 0 saturated heterocycles. The van der Waals surface area contributed by atoms with Crippen LogP contribution in [-0.4, -0.2) is 5.38 Å². The van der Waals surface area contributed by atoms with Gasteiger partial charge in [0.15, 0.2) is 0 Å². The second-order valence-electron chi connectivity index (χ2n) is 3.58. The van der Waals surface area contributed by atoms with Crippen molar-refractivity contribution in [2.24, 2.45) is 0 Å². The van der Waals surface area contributed by atoms with Gasteiger partial charge in [0.05, 0.1) is 5.38 Å². The van der Waals surface area contributed by atoms with Gasteiger partial charge >= 0.3 is 0 Å². The van der Waals surface area contributed by atoms with Crippen molar-refractivity contribution in [3.63, 3.8) is 0 Å². The lowest BCUT2D eigenvalue weighted by Crippen LogP contribution is -1.92. The third kappa shape index (κ3) is 9.95. The summed E-state index contributed by atoms with van der Waals surface area (Å²) in [4.78, 5) is 0. The molecule has 0 aromatic rings. The summed E-state index contributed by atoms with van der Waals surface area (Å²) in [5.41, 5.74) is 0. The van der Waals surface area contributed by atoms with Gasteiger partial charge < -0.3 is 0 Å². The number of hydrogen-bond donors (Lipinski definition) is 0. The van der Waals surface area contributed by atoms with E-state index in [2.05, 4.69) is 26.0 Å². The van der Waals surface area contributed by atoms with Crippen molar-refractivity contribution in [1.82, 2.24) is 0 Å². The molecule has 0 N–H and O–H groups in total. The predicted molar refractivity (Wildman–Crippen MR) is 62.4 cm³/mol. The highest BCUT2D eigenvalue weighted by molar-refractivity contribution is 6.21. The summed E-state index contributed by atoms with van der Waals surface area (Å²) < 4.78 is 0. The van der Waals surface area contributed by atoms with Gasteiger partial charge in [0.2, 0.25) is 0 Å². The molecule has 78 valence electrons. The molecule has 13 heavy (non-hydrogen) atoms. The van der Waals surface area contributed by atoms with E-state index in [1.54, 1.807) is 0 Å². The van der Waals surface area contributed by atoms with Crippen LogP contribution < -0.4 is 0 Å². The van der Waals surface area contributed by atoms with Crippen LogP contribution in [0, 0.1) is 0 Å². The van der Waals surface area contributed by atoms with Crippen LogP contribution in [0.2, 0.25) is 0 Å². The highest BCUT2D eigenvalue weighted by Crippen LogP contribution is 2.10. The first-order valence-electron chi connectivity index (χ1n) is 5.62. The zero-order chi connectivity index (χ0) is 9.94. The molecular formula is C12H23Cl. The van der Waals surface area contributed by atoms with Gasteiger partial charge in [-0.15, -0.1) is 11.6 Å². The minimum Gasteiger partial charge on any atom is -0.118 e. The van der Waals surface area contributed by atoms with Crippen molar-refractivity contribution in [2.45, 2.75) is 64.2 Å². The van der Waals surface area contributed by atoms with E-state index < -0.39 is 0 Å². The molecule has 0 aromatic heterocycles. The summed E-state index contributed by atoms with van der Waals surface area (Å²) in [6.07, 6.45) is 13.2. The van der Waals surface area contributed by atoms with Gasteiger partial charge in [-0.05, 0) is 19.3 Å². The quantitative estimate of drug-likeness (QED) is 0.298. The number of unbranched alkanes of at least 4 members (excludes halogenated alkanes) is 4. The topological polar surface area (TPSA) is 0 Å². The molecule has 0 saturated carbocycles. The number of rotatable bonds is 8. The Morgan fingerprint density at radius 1 is 1.08 bits per heavy atom. The SMILES string of the molecule is CCCCCC=CC(Cl)CCCC. The van der Waals surface area contributed by atoms with Gasteiger partial charge in [0.25, 0.3) is 0 Å². The lowest BCUT2D eigenvalue weighted by atomic mass is 10.1. The molecule has 0 bridgehead atoms. The highest BCUT2D eigenvalue weighted by atomic mass is 35.5. The monoisotopic (exact) mass is 202 g/mol. The van der Waals surface area contributed by atoms with Gasteiger partial charge in [-0.2, -0.15) is 0 Å². The van der Waals surface area contributed by atoms with Crippen LogP contribution in [0.3, 0.4) is 0 Å². The molecule has 0 radical (unpaired) electrons. The van der Waals surface area contributed by atoms with Crippen LogP contribution in [0.15, 0.2) is 12.2 Å². The van der Waals surface area contributed by atoms with E-state index in [4.69, 9.17) is 11.6 Å². The number of alkyl halides is 1. The molecule has 1 atom stereocenters. The Morgan fingerprint density at radius 3 is 2.38 bits per heavy atom. The summed E-state index contributed by atoms with van der Waals surface area (Å²) in [6, 6.07) is 0. The average molecular weight is 203 g/mol. The summed E-state index contributed by atoms with van der Waals surface area (Å²) in [5, 5.41) is 0.265. The number of hydrogen-bond acceptors (Lipinski definition) is 0. The fourth-order valence-electron chi connectivity index (χ4n) is 1.25. The first kappa shape index (κ1) is 13.0. The Labute approximate surface area is 88.4 Å². The molecule has 0 amide bonds. The zero-order valence-corrected chi connectivity index (χ0v) is 9.82. The van der Waals surface area contributed by atoms with Crippen molar-refractivity contribution >= 4 is 11.6 Å². The van der Waals surface area contributed by atoms with Crippen LogP contribution in [0.25, 0.3) is 0 Å². The van der Waals surface area contributed by atoms with Crippen molar-refractivity contribution in [1.29, 1.82) is 0 Å². The van der Waals surface area contributed by atoms with Crippen LogP contribution in [0.4, 0.5) is 0 Å². The standard InChI is InChI=1S/C12H23Cl/c1-3-5-7-8-9-11-12(13)10-6-4-2/h9,11-12H,3-8,10H2,1-2H3. The first-order valence-corrected chi connectivity index (χ1v) is 6.05. The Bertz CT molecular complexity index is 118. The summed E-state index contributed by atoms with van der Waals surface area (Å²) in [7, 11) is 0. The van der Waals surface area contributed by atoms with Crippen LogP contribution in [-0.2, 0) is 0 Å². The Kier molecular flexibility index (Phi) is 10.1. The zero-order valence-electron chi connectivity index (χ0n) is 9.06. The fourth-order valence-corrected chi connectivity index (χ4v) is 1.51. The average Bonchev–Trinajstić information content (AvgIpc) is 2.14. The van der Waals surface area contributed by atoms with Gasteiger partial charge in [0, 0.05) is 0 Å². The third-order valence-electron chi connectivity index (χ3n) is 2.15. The Balaban J connectivity index is 3.25. The molecule has 0 aliphatic rings. The molecule has 0 fully saturated rings. The number of halogens is 1. The summed E-state index contributed by atoms with van der Waals surface area (Å²) in [5.74, 6) is 0. The third-order valence-corrected chi connectivity index (χ3v) is 2.52. The minimum atomic E-state index is 0.265. The smallest absolute Gasteiger partial charge is 0.0516 e. The van der Waals surface area contributed by atoms with E-state index in [1.165, 1.54) is 38.5 Å². The molecular weight excluding hydrogens is 180 g/mol. The van der Waals surface area contributed by atoms with E-state index >= 15 is 0 Å². The highest BCUT2D eigenvalue weighted by Gasteiger charge is 1.96. The van der Waals surface area contributed by atoms with Crippen molar-refractivity contribution < 1.29 is 0 Å². The maximum absolute atomic E-state index is 6.09. The molecule has 0 aliphatic heterocycles. The number of allylic oxidation sites excluding steroid dienone is 2. The van der Waals surface area contributed by atoms with Crippen LogP contribution >= 0.6 is 11.6 Å². The van der Waals surface area contributed by atoms with Gasteiger partial charge in [-0.25, -0.2) is 0 Å². The molecule has 0 aliphatic carbocycles.